The molecular weight excluding hydrogens is 443 g/mol. The van der Waals surface area contributed by atoms with Crippen LogP contribution in [0.25, 0.3) is 16.8 Å². The number of benzene rings is 3. The van der Waals surface area contributed by atoms with E-state index in [-0.39, 0.29) is 30.7 Å². The van der Waals surface area contributed by atoms with Gasteiger partial charge in [-0.3, -0.25) is 9.59 Å². The molecule has 6 nitrogen and oxygen atoms in total. The molecular formula is C28H27FN4O2. The number of amides is 2. The maximum absolute atomic E-state index is 13.9. The van der Waals surface area contributed by atoms with Crippen molar-refractivity contribution in [1.29, 1.82) is 0 Å². The zero-order valence-electron chi connectivity index (χ0n) is 19.7. The Hall–Kier alpha value is -4.26. The molecule has 2 N–H and O–H groups in total. The van der Waals surface area contributed by atoms with Gasteiger partial charge in [0, 0.05) is 18.4 Å². The first-order valence-electron chi connectivity index (χ1n) is 11.5. The summed E-state index contributed by atoms with van der Waals surface area (Å²) in [5, 5.41) is 10.4. The number of halogens is 1. The van der Waals surface area contributed by atoms with Gasteiger partial charge in [0.25, 0.3) is 0 Å². The van der Waals surface area contributed by atoms with Crippen LogP contribution in [0, 0.1) is 12.7 Å². The number of carbonyl (C=O) groups excluding carboxylic acids is 2. The van der Waals surface area contributed by atoms with Crippen molar-refractivity contribution in [2.75, 3.05) is 5.32 Å². The van der Waals surface area contributed by atoms with Crippen LogP contribution in [0.15, 0.2) is 84.9 Å². The lowest BCUT2D eigenvalue weighted by atomic mass is 10.1. The molecule has 0 saturated heterocycles. The zero-order chi connectivity index (χ0) is 24.8. The quantitative estimate of drug-likeness (QED) is 0.353. The van der Waals surface area contributed by atoms with Crippen LogP contribution in [-0.2, 0) is 9.59 Å². The highest BCUT2D eigenvalue weighted by Crippen LogP contribution is 2.33. The Labute approximate surface area is 203 Å². The topological polar surface area (TPSA) is 76.0 Å². The van der Waals surface area contributed by atoms with E-state index in [1.165, 1.54) is 16.8 Å². The highest BCUT2D eigenvalue weighted by molar-refractivity contribution is 5.97. The van der Waals surface area contributed by atoms with E-state index in [0.29, 0.717) is 17.2 Å². The van der Waals surface area contributed by atoms with E-state index in [0.717, 1.165) is 16.7 Å². The van der Waals surface area contributed by atoms with Gasteiger partial charge >= 0.3 is 0 Å². The molecule has 1 atom stereocenters. The molecule has 3 aromatic carbocycles. The summed E-state index contributed by atoms with van der Waals surface area (Å²) in [6, 6.07) is 25.1. The van der Waals surface area contributed by atoms with Crippen molar-refractivity contribution in [2.24, 2.45) is 0 Å². The molecule has 1 unspecified atom stereocenters. The second-order valence-electron chi connectivity index (χ2n) is 8.31. The summed E-state index contributed by atoms with van der Waals surface area (Å²) >= 11 is 0. The maximum atomic E-state index is 13.9. The van der Waals surface area contributed by atoms with Gasteiger partial charge in [-0.15, -0.1) is 0 Å². The minimum Gasteiger partial charge on any atom is -0.350 e. The molecule has 1 heterocycles. The summed E-state index contributed by atoms with van der Waals surface area (Å²) < 4.78 is 15.5. The van der Waals surface area contributed by atoms with Crippen LogP contribution in [0.5, 0.6) is 0 Å². The van der Waals surface area contributed by atoms with Gasteiger partial charge in [-0.1, -0.05) is 66.7 Å². The van der Waals surface area contributed by atoms with E-state index < -0.39 is 5.82 Å². The van der Waals surface area contributed by atoms with Gasteiger partial charge in [-0.05, 0) is 43.2 Å². The smallest absolute Gasteiger partial charge is 0.226 e. The van der Waals surface area contributed by atoms with E-state index in [9.17, 15) is 14.0 Å². The van der Waals surface area contributed by atoms with Gasteiger partial charge in [0.2, 0.25) is 11.8 Å². The molecule has 7 heteroatoms. The van der Waals surface area contributed by atoms with Crippen molar-refractivity contribution in [2.45, 2.75) is 32.7 Å². The number of aromatic nitrogens is 2. The summed E-state index contributed by atoms with van der Waals surface area (Å²) in [4.78, 5) is 25.4. The van der Waals surface area contributed by atoms with Gasteiger partial charge in [-0.25, -0.2) is 9.07 Å². The van der Waals surface area contributed by atoms with Gasteiger partial charge in [0.15, 0.2) is 0 Å². The predicted molar refractivity (Wildman–Crippen MR) is 135 cm³/mol. The molecule has 35 heavy (non-hydrogen) atoms. The lowest BCUT2D eigenvalue weighted by Gasteiger charge is -2.15. The lowest BCUT2D eigenvalue weighted by molar-refractivity contribution is -0.124. The Balaban J connectivity index is 1.52. The molecule has 1 aromatic heterocycles. The van der Waals surface area contributed by atoms with E-state index in [4.69, 9.17) is 0 Å². The first-order valence-corrected chi connectivity index (χ1v) is 11.5. The van der Waals surface area contributed by atoms with Crippen LogP contribution < -0.4 is 10.6 Å². The molecule has 4 aromatic rings. The monoisotopic (exact) mass is 470 g/mol. The second-order valence-corrected chi connectivity index (χ2v) is 8.31. The molecule has 0 radical (unpaired) electrons. The highest BCUT2D eigenvalue weighted by Gasteiger charge is 2.21. The van der Waals surface area contributed by atoms with E-state index >= 15 is 0 Å². The Morgan fingerprint density at radius 3 is 2.26 bits per heavy atom. The molecule has 0 aliphatic rings. The standard InChI is InChI=1S/C28H27FN4O2/c1-19(21-10-5-3-6-11-21)30-25(34)16-17-26(35)31-28-27(22-12-7-4-8-13-22)20(2)32-33(28)24-15-9-14-23(29)18-24/h3-15,18-19H,16-17H2,1-2H3,(H,30,34)(H,31,35). The fourth-order valence-electron chi connectivity index (χ4n) is 3.95. The van der Waals surface area contributed by atoms with Crippen LogP contribution in [0.2, 0.25) is 0 Å². The molecule has 0 bridgehead atoms. The van der Waals surface area contributed by atoms with Crippen LogP contribution >= 0.6 is 0 Å². The van der Waals surface area contributed by atoms with Crippen LogP contribution in [-0.4, -0.2) is 21.6 Å². The molecule has 4 rings (SSSR count). The minimum atomic E-state index is -0.404. The maximum Gasteiger partial charge on any atom is 0.226 e. The van der Waals surface area contributed by atoms with Gasteiger partial charge in [-0.2, -0.15) is 5.10 Å². The molecule has 0 aliphatic carbocycles. The summed E-state index contributed by atoms with van der Waals surface area (Å²) in [7, 11) is 0. The average molecular weight is 471 g/mol. The Morgan fingerprint density at radius 2 is 1.57 bits per heavy atom. The van der Waals surface area contributed by atoms with Crippen molar-refractivity contribution in [3.8, 4) is 16.8 Å². The number of nitrogens with one attached hydrogen (secondary N) is 2. The summed E-state index contributed by atoms with van der Waals surface area (Å²) in [6.07, 6.45) is 0.0334. The van der Waals surface area contributed by atoms with Crippen molar-refractivity contribution in [1.82, 2.24) is 15.1 Å². The van der Waals surface area contributed by atoms with Gasteiger partial charge < -0.3 is 10.6 Å². The van der Waals surface area contributed by atoms with Crippen LogP contribution in [0.3, 0.4) is 0 Å². The van der Waals surface area contributed by atoms with Crippen LogP contribution in [0.4, 0.5) is 10.2 Å². The molecule has 0 saturated carbocycles. The Kier molecular flexibility index (Phi) is 7.35. The number of nitrogens with zero attached hydrogens (tertiary/aromatic N) is 2. The normalized spacial score (nSPS) is 11.6. The van der Waals surface area contributed by atoms with Crippen molar-refractivity contribution in [3.05, 3.63) is 102 Å². The third-order valence-electron chi connectivity index (χ3n) is 5.69. The lowest BCUT2D eigenvalue weighted by Crippen LogP contribution is -2.27. The minimum absolute atomic E-state index is 0.00501. The zero-order valence-corrected chi connectivity index (χ0v) is 19.7. The molecule has 2 amide bonds. The first-order chi connectivity index (χ1) is 16.9. The largest absolute Gasteiger partial charge is 0.350 e. The number of aryl methyl sites for hydroxylation is 1. The Morgan fingerprint density at radius 1 is 0.914 bits per heavy atom. The SMILES string of the molecule is Cc1nn(-c2cccc(F)c2)c(NC(=O)CCC(=O)NC(C)c2ccccc2)c1-c1ccccc1. The van der Waals surface area contributed by atoms with E-state index in [2.05, 4.69) is 15.7 Å². The number of hydrogen-bond acceptors (Lipinski definition) is 3. The average Bonchev–Trinajstić information content (AvgIpc) is 3.19. The first kappa shape index (κ1) is 23.9. The summed E-state index contributed by atoms with van der Waals surface area (Å²) in [5.41, 5.74) is 3.78. The molecule has 0 spiro atoms. The predicted octanol–water partition coefficient (Wildman–Crippen LogP) is 5.58. The fraction of sp³-hybridized carbons (Fsp3) is 0.179. The molecule has 178 valence electrons. The third kappa shape index (κ3) is 5.81. The van der Waals surface area contributed by atoms with Crippen LogP contribution in [0.1, 0.15) is 37.1 Å². The highest BCUT2D eigenvalue weighted by atomic mass is 19.1. The van der Waals surface area contributed by atoms with Crippen molar-refractivity contribution < 1.29 is 14.0 Å². The summed E-state index contributed by atoms with van der Waals surface area (Å²) in [5.74, 6) is -0.516. The third-order valence-corrected chi connectivity index (χ3v) is 5.69. The van der Waals surface area contributed by atoms with E-state index in [1.807, 2.05) is 74.5 Å². The van der Waals surface area contributed by atoms with Crippen molar-refractivity contribution in [3.63, 3.8) is 0 Å². The van der Waals surface area contributed by atoms with Gasteiger partial charge in [0.1, 0.15) is 11.6 Å². The molecule has 0 fully saturated rings. The number of anilines is 1. The Bertz CT molecular complexity index is 1320. The second kappa shape index (κ2) is 10.8. The fourth-order valence-corrected chi connectivity index (χ4v) is 3.95. The molecule has 0 aliphatic heterocycles. The number of carbonyl (C=O) groups is 2. The van der Waals surface area contributed by atoms with Gasteiger partial charge in [0.05, 0.1) is 17.4 Å². The van der Waals surface area contributed by atoms with E-state index in [1.54, 1.807) is 12.1 Å². The van der Waals surface area contributed by atoms with Crippen molar-refractivity contribution >= 4 is 17.6 Å². The number of rotatable bonds is 8. The number of hydrogen-bond donors (Lipinski definition) is 2. The summed E-state index contributed by atoms with van der Waals surface area (Å²) in [6.45, 7) is 3.74.